The van der Waals surface area contributed by atoms with Gasteiger partial charge >= 0.3 is 0 Å². The summed E-state index contributed by atoms with van der Waals surface area (Å²) < 4.78 is 3.71. The van der Waals surface area contributed by atoms with E-state index >= 15 is 0 Å². The van der Waals surface area contributed by atoms with Crippen molar-refractivity contribution in [3.05, 3.63) is 11.1 Å². The first-order valence-corrected chi connectivity index (χ1v) is 7.95. The van der Waals surface area contributed by atoms with E-state index in [1.165, 1.54) is 12.8 Å². The number of aromatic nitrogens is 2. The third kappa shape index (κ3) is 3.15. The van der Waals surface area contributed by atoms with Crippen LogP contribution < -0.4 is 5.32 Å². The first-order chi connectivity index (χ1) is 9.74. The summed E-state index contributed by atoms with van der Waals surface area (Å²) in [5.41, 5.74) is 0.343. The number of carbonyl (C=O) groups is 2. The van der Waals surface area contributed by atoms with Crippen molar-refractivity contribution in [3.8, 4) is 0 Å². The molecule has 0 saturated heterocycles. The lowest BCUT2D eigenvalue weighted by atomic mass is 10.2. The van der Waals surface area contributed by atoms with Crippen molar-refractivity contribution < 1.29 is 9.59 Å². The molecule has 0 aliphatic heterocycles. The summed E-state index contributed by atoms with van der Waals surface area (Å²) in [6.07, 6.45) is 6.42. The van der Waals surface area contributed by atoms with Crippen molar-refractivity contribution in [2.75, 3.05) is 6.54 Å². The maximum atomic E-state index is 12.3. The van der Waals surface area contributed by atoms with E-state index < -0.39 is 0 Å². The van der Waals surface area contributed by atoms with Crippen LogP contribution in [0.15, 0.2) is 5.38 Å². The van der Waals surface area contributed by atoms with Crippen LogP contribution in [0, 0.1) is 0 Å². The number of rotatable bonds is 5. The first kappa shape index (κ1) is 13.5. The Balaban J connectivity index is 1.59. The minimum absolute atomic E-state index is 0.0552. The van der Waals surface area contributed by atoms with Gasteiger partial charge in [0.25, 0.3) is 5.91 Å². The molecular formula is C13H18N4O2S. The minimum Gasteiger partial charge on any atom is -0.352 e. The Labute approximate surface area is 121 Å². The zero-order valence-electron chi connectivity index (χ0n) is 11.2. The molecular weight excluding hydrogens is 276 g/mol. The predicted octanol–water partition coefficient (Wildman–Crippen LogP) is 1.20. The van der Waals surface area contributed by atoms with Gasteiger partial charge in [0.1, 0.15) is 6.54 Å². The van der Waals surface area contributed by atoms with Crippen LogP contribution >= 0.6 is 11.5 Å². The number of hydrogen-bond acceptors (Lipinski definition) is 5. The molecule has 2 fully saturated rings. The number of amides is 2. The summed E-state index contributed by atoms with van der Waals surface area (Å²) in [7, 11) is 0. The maximum absolute atomic E-state index is 12.3. The molecule has 2 aliphatic carbocycles. The zero-order chi connectivity index (χ0) is 13.9. The van der Waals surface area contributed by atoms with Crippen LogP contribution in [-0.2, 0) is 4.79 Å². The van der Waals surface area contributed by atoms with Crippen LogP contribution in [0.4, 0.5) is 0 Å². The summed E-state index contributed by atoms with van der Waals surface area (Å²) in [6, 6.07) is 0.484. The zero-order valence-corrected chi connectivity index (χ0v) is 12.1. The van der Waals surface area contributed by atoms with Gasteiger partial charge in [-0.1, -0.05) is 17.3 Å². The molecule has 6 nitrogen and oxygen atoms in total. The number of nitrogens with zero attached hydrogens (tertiary/aromatic N) is 3. The highest BCUT2D eigenvalue weighted by molar-refractivity contribution is 7.03. The molecule has 0 spiro atoms. The van der Waals surface area contributed by atoms with Crippen molar-refractivity contribution >= 4 is 23.3 Å². The molecule has 20 heavy (non-hydrogen) atoms. The lowest BCUT2D eigenvalue weighted by Gasteiger charge is -2.22. The van der Waals surface area contributed by atoms with Gasteiger partial charge in [0.2, 0.25) is 5.91 Å². The number of nitrogens with one attached hydrogen (secondary N) is 1. The molecule has 1 heterocycles. The maximum Gasteiger partial charge on any atom is 0.276 e. The smallest absolute Gasteiger partial charge is 0.276 e. The van der Waals surface area contributed by atoms with E-state index in [1.54, 1.807) is 10.3 Å². The molecule has 1 aromatic rings. The fourth-order valence-electron chi connectivity index (χ4n) is 2.66. The van der Waals surface area contributed by atoms with Gasteiger partial charge in [0.05, 0.1) is 0 Å². The monoisotopic (exact) mass is 294 g/mol. The summed E-state index contributed by atoms with van der Waals surface area (Å²) in [5, 5.41) is 8.46. The second kappa shape index (κ2) is 5.87. The summed E-state index contributed by atoms with van der Waals surface area (Å²) >= 11 is 1.15. The van der Waals surface area contributed by atoms with E-state index in [4.69, 9.17) is 0 Å². The van der Waals surface area contributed by atoms with Crippen molar-refractivity contribution in [2.45, 2.75) is 50.6 Å². The van der Waals surface area contributed by atoms with Crippen LogP contribution in [0.25, 0.3) is 0 Å². The van der Waals surface area contributed by atoms with Crippen molar-refractivity contribution in [3.63, 3.8) is 0 Å². The molecule has 1 N–H and O–H groups in total. The Kier molecular flexibility index (Phi) is 3.95. The normalized spacial score (nSPS) is 19.0. The fraction of sp³-hybridized carbons (Fsp3) is 0.692. The highest BCUT2D eigenvalue weighted by atomic mass is 32.1. The van der Waals surface area contributed by atoms with Crippen molar-refractivity contribution in [2.24, 2.45) is 0 Å². The lowest BCUT2D eigenvalue weighted by Crippen LogP contribution is -2.44. The highest BCUT2D eigenvalue weighted by Gasteiger charge is 2.35. The molecule has 108 valence electrons. The van der Waals surface area contributed by atoms with Gasteiger partial charge in [-0.05, 0) is 37.2 Å². The van der Waals surface area contributed by atoms with Crippen LogP contribution in [-0.4, -0.2) is 44.9 Å². The van der Waals surface area contributed by atoms with Gasteiger partial charge in [-0.3, -0.25) is 9.59 Å². The average Bonchev–Trinajstić information content (AvgIpc) is 2.93. The number of hydrogen-bond donors (Lipinski definition) is 1. The molecule has 3 rings (SSSR count). The molecule has 2 saturated carbocycles. The van der Waals surface area contributed by atoms with E-state index in [2.05, 4.69) is 14.9 Å². The molecule has 2 aliphatic rings. The third-order valence-corrected chi connectivity index (χ3v) is 4.37. The second-order valence-corrected chi connectivity index (χ2v) is 6.11. The van der Waals surface area contributed by atoms with E-state index in [1.807, 2.05) is 0 Å². The molecule has 0 atom stereocenters. The highest BCUT2D eigenvalue weighted by Crippen LogP contribution is 2.28. The van der Waals surface area contributed by atoms with Crippen LogP contribution in [0.1, 0.15) is 49.0 Å². The molecule has 0 radical (unpaired) electrons. The minimum atomic E-state index is -0.178. The van der Waals surface area contributed by atoms with Gasteiger partial charge in [-0.25, -0.2) is 0 Å². The Morgan fingerprint density at radius 1 is 1.30 bits per heavy atom. The van der Waals surface area contributed by atoms with E-state index in [0.29, 0.717) is 11.7 Å². The Morgan fingerprint density at radius 3 is 2.65 bits per heavy atom. The van der Waals surface area contributed by atoms with E-state index in [-0.39, 0.29) is 24.4 Å². The Bertz CT molecular complexity index is 481. The molecule has 1 aromatic heterocycles. The standard InChI is InChI=1S/C13H18N4O2S/c18-12(14-9-3-1-2-4-9)7-17(10-5-6-10)13(19)11-8-20-16-15-11/h8-10H,1-7H2,(H,14,18). The Morgan fingerprint density at radius 2 is 2.05 bits per heavy atom. The molecule has 0 unspecified atom stereocenters. The Hall–Kier alpha value is -1.50. The summed E-state index contributed by atoms with van der Waals surface area (Å²) in [4.78, 5) is 26.0. The fourth-order valence-corrected chi connectivity index (χ4v) is 3.09. The quantitative estimate of drug-likeness (QED) is 0.885. The topological polar surface area (TPSA) is 75.2 Å². The molecule has 2 amide bonds. The van der Waals surface area contributed by atoms with Gasteiger partial charge in [-0.2, -0.15) is 0 Å². The lowest BCUT2D eigenvalue weighted by molar-refractivity contribution is -0.122. The number of carbonyl (C=O) groups excluding carboxylic acids is 2. The second-order valence-electron chi connectivity index (χ2n) is 5.50. The molecule has 0 bridgehead atoms. The van der Waals surface area contributed by atoms with Gasteiger partial charge < -0.3 is 10.2 Å². The van der Waals surface area contributed by atoms with Gasteiger partial charge in [0.15, 0.2) is 5.69 Å². The van der Waals surface area contributed by atoms with Crippen molar-refractivity contribution in [1.82, 2.24) is 19.8 Å². The summed E-state index contributed by atoms with van der Waals surface area (Å²) in [5.74, 6) is -0.233. The largest absolute Gasteiger partial charge is 0.352 e. The molecule has 7 heteroatoms. The SMILES string of the molecule is O=C(CN(C(=O)c1csnn1)C1CC1)NC1CCCC1. The first-order valence-electron chi connectivity index (χ1n) is 7.11. The van der Waals surface area contributed by atoms with Crippen molar-refractivity contribution in [1.29, 1.82) is 0 Å². The van der Waals surface area contributed by atoms with Crippen LogP contribution in [0.3, 0.4) is 0 Å². The van der Waals surface area contributed by atoms with Gasteiger partial charge in [0, 0.05) is 17.5 Å². The van der Waals surface area contributed by atoms with E-state index in [9.17, 15) is 9.59 Å². The van der Waals surface area contributed by atoms with Crippen LogP contribution in [0.5, 0.6) is 0 Å². The third-order valence-electron chi connectivity index (χ3n) is 3.86. The van der Waals surface area contributed by atoms with E-state index in [0.717, 1.165) is 37.2 Å². The summed E-state index contributed by atoms with van der Waals surface area (Å²) in [6.45, 7) is 0.136. The molecule has 0 aromatic carbocycles. The van der Waals surface area contributed by atoms with Gasteiger partial charge in [-0.15, -0.1) is 5.10 Å². The predicted molar refractivity (Wildman–Crippen MR) is 74.4 cm³/mol. The van der Waals surface area contributed by atoms with Crippen LogP contribution in [0.2, 0.25) is 0 Å². The average molecular weight is 294 g/mol.